The maximum atomic E-state index is 11.7. The highest BCUT2D eigenvalue weighted by molar-refractivity contribution is 5.93. The first-order valence-electron chi connectivity index (χ1n) is 5.58. The van der Waals surface area contributed by atoms with Gasteiger partial charge >= 0.3 is 5.97 Å². The van der Waals surface area contributed by atoms with Gasteiger partial charge in [-0.25, -0.2) is 0 Å². The van der Waals surface area contributed by atoms with Crippen LogP contribution in [0.15, 0.2) is 12.4 Å². The van der Waals surface area contributed by atoms with Crippen molar-refractivity contribution >= 4 is 11.9 Å². The van der Waals surface area contributed by atoms with Crippen molar-refractivity contribution in [1.29, 1.82) is 0 Å². The number of hydrogen-bond acceptors (Lipinski definition) is 3. The van der Waals surface area contributed by atoms with Crippen LogP contribution in [0.3, 0.4) is 0 Å². The van der Waals surface area contributed by atoms with E-state index in [-0.39, 0.29) is 24.9 Å². The summed E-state index contributed by atoms with van der Waals surface area (Å²) in [6.07, 6.45) is 3.85. The quantitative estimate of drug-likeness (QED) is 0.772. The molecule has 1 rings (SSSR count). The number of aromatic nitrogens is 2. The lowest BCUT2D eigenvalue weighted by atomic mass is 10.2. The van der Waals surface area contributed by atoms with Crippen molar-refractivity contribution in [3.05, 3.63) is 18.0 Å². The van der Waals surface area contributed by atoms with Crippen LogP contribution in [0.25, 0.3) is 0 Å². The molecule has 0 aliphatic carbocycles. The Morgan fingerprint density at radius 3 is 2.88 bits per heavy atom. The molecular formula is C11H17N3O3. The Kier molecular flexibility index (Phi) is 4.68. The molecule has 0 spiro atoms. The molecule has 0 aromatic carbocycles. The number of amides is 1. The van der Waals surface area contributed by atoms with Gasteiger partial charge in [0, 0.05) is 12.2 Å². The summed E-state index contributed by atoms with van der Waals surface area (Å²) in [6.45, 7) is 4.18. The first-order valence-corrected chi connectivity index (χ1v) is 5.58. The van der Waals surface area contributed by atoms with Crippen LogP contribution in [-0.2, 0) is 11.3 Å². The van der Waals surface area contributed by atoms with E-state index in [1.807, 2.05) is 13.8 Å². The van der Waals surface area contributed by atoms with Gasteiger partial charge in [0.15, 0.2) is 0 Å². The molecule has 2 N–H and O–H groups in total. The normalized spacial score (nSPS) is 12.1. The number of carbonyl (C=O) groups is 2. The Hall–Kier alpha value is -1.85. The van der Waals surface area contributed by atoms with Crippen molar-refractivity contribution in [2.45, 2.75) is 39.3 Å². The number of carbonyl (C=O) groups excluding carboxylic acids is 1. The molecule has 0 saturated heterocycles. The number of nitrogens with one attached hydrogen (secondary N) is 1. The van der Waals surface area contributed by atoms with E-state index in [1.165, 1.54) is 10.9 Å². The van der Waals surface area contributed by atoms with Crippen molar-refractivity contribution in [1.82, 2.24) is 15.1 Å². The van der Waals surface area contributed by atoms with Gasteiger partial charge in [0.25, 0.3) is 5.91 Å². The van der Waals surface area contributed by atoms with E-state index >= 15 is 0 Å². The molecule has 0 radical (unpaired) electrons. The predicted molar refractivity (Wildman–Crippen MR) is 61.7 cm³/mol. The number of hydrogen-bond donors (Lipinski definition) is 2. The number of rotatable bonds is 6. The SMILES string of the molecule is CCC(C)NC(=O)c1cnn(CCC(=O)O)c1. The van der Waals surface area contributed by atoms with Crippen molar-refractivity contribution in [3.8, 4) is 0 Å². The van der Waals surface area contributed by atoms with E-state index in [0.717, 1.165) is 6.42 Å². The number of nitrogens with zero attached hydrogens (tertiary/aromatic N) is 2. The summed E-state index contributed by atoms with van der Waals surface area (Å²) in [7, 11) is 0. The Bertz CT molecular complexity index is 400. The molecule has 6 nitrogen and oxygen atoms in total. The molecule has 17 heavy (non-hydrogen) atoms. The Morgan fingerprint density at radius 1 is 1.59 bits per heavy atom. The highest BCUT2D eigenvalue weighted by Gasteiger charge is 2.11. The molecule has 1 atom stereocenters. The standard InChI is InChI=1S/C11H17N3O3/c1-3-8(2)13-11(17)9-6-12-14(7-9)5-4-10(15)16/h6-8H,3-5H2,1-2H3,(H,13,17)(H,15,16). The van der Waals surface area contributed by atoms with Gasteiger partial charge in [0.05, 0.1) is 24.7 Å². The van der Waals surface area contributed by atoms with Gasteiger partial charge in [-0.3, -0.25) is 14.3 Å². The highest BCUT2D eigenvalue weighted by atomic mass is 16.4. The molecule has 1 amide bonds. The molecule has 0 saturated carbocycles. The fraction of sp³-hybridized carbons (Fsp3) is 0.545. The zero-order chi connectivity index (χ0) is 12.8. The van der Waals surface area contributed by atoms with Crippen LogP contribution in [0.5, 0.6) is 0 Å². The van der Waals surface area contributed by atoms with E-state index in [1.54, 1.807) is 6.20 Å². The van der Waals surface area contributed by atoms with Crippen LogP contribution in [0.4, 0.5) is 0 Å². The minimum absolute atomic E-state index is 0.00585. The molecule has 0 fully saturated rings. The van der Waals surface area contributed by atoms with Crippen molar-refractivity contribution in [2.75, 3.05) is 0 Å². The molecule has 1 heterocycles. The summed E-state index contributed by atoms with van der Waals surface area (Å²) in [6, 6.07) is 0.116. The van der Waals surface area contributed by atoms with Crippen LogP contribution < -0.4 is 5.32 Å². The Morgan fingerprint density at radius 2 is 2.29 bits per heavy atom. The van der Waals surface area contributed by atoms with Gasteiger partial charge in [0.2, 0.25) is 0 Å². The number of aryl methyl sites for hydroxylation is 1. The van der Waals surface area contributed by atoms with E-state index in [4.69, 9.17) is 5.11 Å². The summed E-state index contributed by atoms with van der Waals surface area (Å²) in [4.78, 5) is 22.1. The average molecular weight is 239 g/mol. The highest BCUT2D eigenvalue weighted by Crippen LogP contribution is 2.00. The van der Waals surface area contributed by atoms with Crippen LogP contribution in [0.2, 0.25) is 0 Å². The zero-order valence-electron chi connectivity index (χ0n) is 10.0. The Labute approximate surface area is 99.6 Å². The van der Waals surface area contributed by atoms with Gasteiger partial charge in [-0.15, -0.1) is 0 Å². The van der Waals surface area contributed by atoms with E-state index in [2.05, 4.69) is 10.4 Å². The number of aliphatic carboxylic acids is 1. The monoisotopic (exact) mass is 239 g/mol. The third-order valence-electron chi connectivity index (χ3n) is 2.44. The van der Waals surface area contributed by atoms with Gasteiger partial charge in [-0.2, -0.15) is 5.10 Å². The topological polar surface area (TPSA) is 84.2 Å². The minimum Gasteiger partial charge on any atom is -0.481 e. The summed E-state index contributed by atoms with van der Waals surface area (Å²) in [5, 5.41) is 15.3. The number of carboxylic acid groups (broad SMARTS) is 1. The summed E-state index contributed by atoms with van der Waals surface area (Å²) in [5.41, 5.74) is 0.454. The zero-order valence-corrected chi connectivity index (χ0v) is 10.0. The van der Waals surface area contributed by atoms with Crippen molar-refractivity contribution in [3.63, 3.8) is 0 Å². The number of carboxylic acids is 1. The van der Waals surface area contributed by atoms with E-state index < -0.39 is 5.97 Å². The molecular weight excluding hydrogens is 222 g/mol. The molecule has 0 bridgehead atoms. The lowest BCUT2D eigenvalue weighted by Gasteiger charge is -2.09. The largest absolute Gasteiger partial charge is 0.481 e. The first kappa shape index (κ1) is 13.2. The maximum Gasteiger partial charge on any atom is 0.305 e. The minimum atomic E-state index is -0.883. The Balaban J connectivity index is 2.55. The second kappa shape index (κ2) is 6.03. The van der Waals surface area contributed by atoms with Crippen LogP contribution in [0.1, 0.15) is 37.0 Å². The molecule has 0 aliphatic heterocycles. The van der Waals surface area contributed by atoms with Crippen LogP contribution in [-0.4, -0.2) is 32.8 Å². The van der Waals surface area contributed by atoms with Gasteiger partial charge < -0.3 is 10.4 Å². The van der Waals surface area contributed by atoms with Gasteiger partial charge in [-0.1, -0.05) is 6.92 Å². The molecule has 0 aliphatic rings. The van der Waals surface area contributed by atoms with Crippen molar-refractivity contribution in [2.24, 2.45) is 0 Å². The van der Waals surface area contributed by atoms with Gasteiger partial charge in [-0.05, 0) is 13.3 Å². The molecule has 1 unspecified atom stereocenters. The van der Waals surface area contributed by atoms with Gasteiger partial charge in [0.1, 0.15) is 0 Å². The lowest BCUT2D eigenvalue weighted by Crippen LogP contribution is -2.31. The molecule has 1 aromatic heterocycles. The third kappa shape index (κ3) is 4.26. The fourth-order valence-corrected chi connectivity index (χ4v) is 1.22. The fourth-order valence-electron chi connectivity index (χ4n) is 1.22. The molecule has 6 heteroatoms. The summed E-state index contributed by atoms with van der Waals surface area (Å²) < 4.78 is 1.46. The molecule has 1 aromatic rings. The van der Waals surface area contributed by atoms with E-state index in [0.29, 0.717) is 5.56 Å². The second-order valence-electron chi connectivity index (χ2n) is 3.92. The third-order valence-corrected chi connectivity index (χ3v) is 2.44. The second-order valence-corrected chi connectivity index (χ2v) is 3.92. The predicted octanol–water partition coefficient (Wildman–Crippen LogP) is 0.886. The first-order chi connectivity index (χ1) is 8.02. The van der Waals surface area contributed by atoms with Crippen molar-refractivity contribution < 1.29 is 14.7 Å². The van der Waals surface area contributed by atoms with E-state index in [9.17, 15) is 9.59 Å². The van der Waals surface area contributed by atoms with Crippen LogP contribution >= 0.6 is 0 Å². The van der Waals surface area contributed by atoms with Crippen LogP contribution in [0, 0.1) is 0 Å². The maximum absolute atomic E-state index is 11.7. The smallest absolute Gasteiger partial charge is 0.305 e. The average Bonchev–Trinajstić information content (AvgIpc) is 2.74. The summed E-state index contributed by atoms with van der Waals surface area (Å²) >= 11 is 0. The summed E-state index contributed by atoms with van der Waals surface area (Å²) in [5.74, 6) is -1.06. The lowest BCUT2D eigenvalue weighted by molar-refractivity contribution is -0.137. The molecule has 94 valence electrons.